The number of nitrogens with zero attached hydrogens (tertiary/aromatic N) is 4. The summed E-state index contributed by atoms with van der Waals surface area (Å²) >= 11 is 0. The van der Waals surface area contributed by atoms with Gasteiger partial charge in [0.25, 0.3) is 0 Å². The zero-order valence-electron chi connectivity index (χ0n) is 14.0. The Morgan fingerprint density at radius 3 is 2.81 bits per heavy atom. The van der Waals surface area contributed by atoms with E-state index in [1.54, 1.807) is 24.2 Å². The molecule has 2 heterocycles. The number of anilines is 4. The fourth-order valence-electron chi connectivity index (χ4n) is 3.08. The number of carbonyl (C=O) groups excluding carboxylic acids is 1. The molecule has 8 heteroatoms. The molecule has 26 heavy (non-hydrogen) atoms. The summed E-state index contributed by atoms with van der Waals surface area (Å²) in [5.41, 5.74) is 1.78. The molecule has 0 atom stereocenters. The van der Waals surface area contributed by atoms with Crippen LogP contribution in [0.3, 0.4) is 0 Å². The Morgan fingerprint density at radius 2 is 2.12 bits per heavy atom. The maximum atomic E-state index is 13.8. The number of phenols is 1. The van der Waals surface area contributed by atoms with Crippen molar-refractivity contribution in [1.82, 2.24) is 4.98 Å². The van der Waals surface area contributed by atoms with E-state index in [4.69, 9.17) is 5.26 Å². The molecule has 1 aromatic heterocycles. The normalized spacial score (nSPS) is 16.3. The standard InChI is InChI=1S/C18H16FN5O2/c1-23-15-8-21-16(6-14(15)24(9-17(23)25)12-2-3-12)22-11-4-10(7-20)18(26)13(19)5-11/h4-6,8,12,26H,2-3,9H2,1H3,(H,21,22). The third kappa shape index (κ3) is 2.67. The molecule has 4 rings (SSSR count). The molecule has 0 saturated heterocycles. The van der Waals surface area contributed by atoms with Gasteiger partial charge in [0.15, 0.2) is 11.6 Å². The first kappa shape index (κ1) is 16.1. The van der Waals surface area contributed by atoms with Crippen LogP contribution in [-0.2, 0) is 4.79 Å². The van der Waals surface area contributed by atoms with Gasteiger partial charge in [0.1, 0.15) is 11.9 Å². The molecular weight excluding hydrogens is 337 g/mol. The number of halogens is 1. The lowest BCUT2D eigenvalue weighted by molar-refractivity contribution is -0.117. The van der Waals surface area contributed by atoms with Crippen molar-refractivity contribution in [2.24, 2.45) is 0 Å². The second kappa shape index (κ2) is 5.88. The van der Waals surface area contributed by atoms with E-state index < -0.39 is 11.6 Å². The van der Waals surface area contributed by atoms with Crippen molar-refractivity contribution in [3.8, 4) is 11.8 Å². The van der Waals surface area contributed by atoms with Gasteiger partial charge in [-0.05, 0) is 18.9 Å². The number of aromatic hydroxyl groups is 1. The van der Waals surface area contributed by atoms with Gasteiger partial charge >= 0.3 is 0 Å². The molecule has 1 fully saturated rings. The van der Waals surface area contributed by atoms with E-state index in [2.05, 4.69) is 15.2 Å². The van der Waals surface area contributed by atoms with Gasteiger partial charge in [-0.25, -0.2) is 9.37 Å². The monoisotopic (exact) mass is 353 g/mol. The molecule has 0 unspecified atom stereocenters. The minimum Gasteiger partial charge on any atom is -0.504 e. The molecule has 0 bridgehead atoms. The van der Waals surface area contributed by atoms with Crippen molar-refractivity contribution < 1.29 is 14.3 Å². The van der Waals surface area contributed by atoms with E-state index in [0.717, 1.165) is 30.3 Å². The lowest BCUT2D eigenvalue weighted by atomic mass is 10.1. The van der Waals surface area contributed by atoms with E-state index in [1.165, 1.54) is 6.07 Å². The van der Waals surface area contributed by atoms with Crippen molar-refractivity contribution >= 4 is 28.8 Å². The Bertz CT molecular complexity index is 951. The summed E-state index contributed by atoms with van der Waals surface area (Å²) in [5.74, 6) is -1.07. The first-order chi connectivity index (χ1) is 12.5. The molecule has 2 N–H and O–H groups in total. The number of nitrogens with one attached hydrogen (secondary N) is 1. The number of phenolic OH excluding ortho intramolecular Hbond substituents is 1. The molecule has 132 valence electrons. The second-order valence-electron chi connectivity index (χ2n) is 6.46. The Morgan fingerprint density at radius 1 is 1.35 bits per heavy atom. The highest BCUT2D eigenvalue weighted by atomic mass is 19.1. The lowest BCUT2D eigenvalue weighted by Gasteiger charge is -2.35. The average Bonchev–Trinajstić information content (AvgIpc) is 3.46. The smallest absolute Gasteiger partial charge is 0.246 e. The van der Waals surface area contributed by atoms with Gasteiger partial charge in [-0.1, -0.05) is 0 Å². The number of benzene rings is 1. The number of pyridine rings is 1. The van der Waals surface area contributed by atoms with Crippen LogP contribution in [0, 0.1) is 17.1 Å². The van der Waals surface area contributed by atoms with Crippen molar-refractivity contribution in [2.45, 2.75) is 18.9 Å². The molecule has 1 aromatic carbocycles. The molecule has 2 aromatic rings. The van der Waals surface area contributed by atoms with Crippen LogP contribution in [0.25, 0.3) is 0 Å². The van der Waals surface area contributed by atoms with E-state index in [9.17, 15) is 14.3 Å². The molecular formula is C18H16FN5O2. The molecule has 7 nitrogen and oxygen atoms in total. The fraction of sp³-hybridized carbons (Fsp3) is 0.278. The highest BCUT2D eigenvalue weighted by molar-refractivity contribution is 6.03. The molecule has 0 spiro atoms. The topological polar surface area (TPSA) is 92.5 Å². The van der Waals surface area contributed by atoms with Gasteiger partial charge in [-0.3, -0.25) is 4.79 Å². The van der Waals surface area contributed by atoms with Gasteiger partial charge in [-0.2, -0.15) is 5.26 Å². The summed E-state index contributed by atoms with van der Waals surface area (Å²) < 4.78 is 13.8. The first-order valence-electron chi connectivity index (χ1n) is 8.21. The number of rotatable bonds is 3. The lowest BCUT2D eigenvalue weighted by Crippen LogP contribution is -2.45. The van der Waals surface area contributed by atoms with Gasteiger partial charge in [0.05, 0.1) is 29.7 Å². The van der Waals surface area contributed by atoms with Gasteiger partial charge < -0.3 is 20.2 Å². The van der Waals surface area contributed by atoms with Crippen molar-refractivity contribution in [1.29, 1.82) is 5.26 Å². The SMILES string of the molecule is CN1C(=O)CN(C2CC2)c2cc(Nc3cc(F)c(O)c(C#N)c3)ncc21. The summed E-state index contributed by atoms with van der Waals surface area (Å²) in [4.78, 5) is 20.1. The number of amides is 1. The predicted molar refractivity (Wildman–Crippen MR) is 94.1 cm³/mol. The van der Waals surface area contributed by atoms with E-state index >= 15 is 0 Å². The maximum Gasteiger partial charge on any atom is 0.246 e. The molecule has 1 saturated carbocycles. The van der Waals surface area contributed by atoms with Crippen LogP contribution in [0.4, 0.5) is 27.3 Å². The molecule has 2 aliphatic rings. The molecule has 1 aliphatic heterocycles. The Kier molecular flexibility index (Phi) is 3.65. The highest BCUT2D eigenvalue weighted by Crippen LogP contribution is 2.41. The Hall–Kier alpha value is -3.34. The van der Waals surface area contributed by atoms with Gasteiger partial charge in [0.2, 0.25) is 5.91 Å². The highest BCUT2D eigenvalue weighted by Gasteiger charge is 2.36. The van der Waals surface area contributed by atoms with Crippen LogP contribution in [0.5, 0.6) is 5.75 Å². The quantitative estimate of drug-likeness (QED) is 0.824. The zero-order valence-corrected chi connectivity index (χ0v) is 14.0. The van der Waals surface area contributed by atoms with Crippen molar-refractivity contribution in [3.63, 3.8) is 0 Å². The predicted octanol–water partition coefficient (Wildman–Crippen LogP) is 2.49. The largest absolute Gasteiger partial charge is 0.504 e. The number of fused-ring (bicyclic) bond motifs is 1. The maximum absolute atomic E-state index is 13.8. The van der Waals surface area contributed by atoms with Crippen LogP contribution in [0.15, 0.2) is 24.4 Å². The molecule has 0 radical (unpaired) electrons. The minimum atomic E-state index is -0.880. The van der Waals surface area contributed by atoms with Crippen LogP contribution in [-0.4, -0.2) is 35.6 Å². The van der Waals surface area contributed by atoms with E-state index in [-0.39, 0.29) is 11.5 Å². The summed E-state index contributed by atoms with van der Waals surface area (Å²) in [6, 6.07) is 6.38. The fourth-order valence-corrected chi connectivity index (χ4v) is 3.08. The zero-order chi connectivity index (χ0) is 18.4. The number of carbonyl (C=O) groups is 1. The summed E-state index contributed by atoms with van der Waals surface area (Å²) in [6.45, 7) is 0.323. The van der Waals surface area contributed by atoms with Crippen molar-refractivity contribution in [3.05, 3.63) is 35.8 Å². The van der Waals surface area contributed by atoms with Gasteiger partial charge in [-0.15, -0.1) is 0 Å². The summed E-state index contributed by atoms with van der Waals surface area (Å²) in [5, 5.41) is 21.5. The van der Waals surface area contributed by atoms with Crippen LogP contribution >= 0.6 is 0 Å². The van der Waals surface area contributed by atoms with Crippen LogP contribution in [0.2, 0.25) is 0 Å². The molecule has 1 amide bonds. The Balaban J connectivity index is 1.69. The number of likely N-dealkylation sites (N-methyl/N-ethyl adjacent to an activating group) is 1. The number of hydrogen-bond donors (Lipinski definition) is 2. The molecule has 1 aliphatic carbocycles. The summed E-state index contributed by atoms with van der Waals surface area (Å²) in [7, 11) is 1.72. The summed E-state index contributed by atoms with van der Waals surface area (Å²) in [6.07, 6.45) is 3.71. The number of nitriles is 1. The van der Waals surface area contributed by atoms with E-state index in [0.29, 0.717) is 24.1 Å². The average molecular weight is 353 g/mol. The third-order valence-electron chi connectivity index (χ3n) is 4.66. The first-order valence-corrected chi connectivity index (χ1v) is 8.21. The third-order valence-corrected chi connectivity index (χ3v) is 4.66. The van der Waals surface area contributed by atoms with Crippen LogP contribution < -0.4 is 15.1 Å². The van der Waals surface area contributed by atoms with Gasteiger partial charge in [0, 0.05) is 30.9 Å². The number of hydrogen-bond acceptors (Lipinski definition) is 6. The minimum absolute atomic E-state index is 0.0196. The van der Waals surface area contributed by atoms with Crippen LogP contribution in [0.1, 0.15) is 18.4 Å². The van der Waals surface area contributed by atoms with Crippen molar-refractivity contribution in [2.75, 3.05) is 28.7 Å². The Labute approximate surface area is 149 Å². The number of aromatic nitrogens is 1. The second-order valence-corrected chi connectivity index (χ2v) is 6.46. The van der Waals surface area contributed by atoms with E-state index in [1.807, 2.05) is 6.07 Å².